The average Bonchev–Trinajstić information content (AvgIpc) is 1.99. The van der Waals surface area contributed by atoms with Crippen LogP contribution in [0.4, 0.5) is 0 Å². The maximum absolute atomic E-state index is 5.28. The summed E-state index contributed by atoms with van der Waals surface area (Å²) in [7, 11) is 0. The zero-order valence-electron chi connectivity index (χ0n) is 7.42. The van der Waals surface area contributed by atoms with Crippen LogP contribution < -0.4 is 16.0 Å². The molecule has 0 fully saturated rings. The van der Waals surface area contributed by atoms with E-state index in [0.717, 1.165) is 5.75 Å². The minimum absolute atomic E-state index is 0.336. The molecule has 0 amide bonds. The van der Waals surface area contributed by atoms with E-state index in [9.17, 15) is 0 Å². The summed E-state index contributed by atoms with van der Waals surface area (Å²) in [6.07, 6.45) is 0. The molecule has 0 aliphatic heterocycles. The normalized spacial score (nSPS) is 9.92. The van der Waals surface area contributed by atoms with Crippen LogP contribution in [0.3, 0.4) is 0 Å². The van der Waals surface area contributed by atoms with Crippen molar-refractivity contribution in [1.29, 1.82) is 0 Å². The second-order valence-electron chi connectivity index (χ2n) is 2.82. The van der Waals surface area contributed by atoms with Crippen LogP contribution in [0.2, 0.25) is 0 Å². The van der Waals surface area contributed by atoms with Gasteiger partial charge in [-0.25, -0.2) is 5.43 Å². The van der Waals surface area contributed by atoms with Crippen molar-refractivity contribution >= 4 is 0 Å². The second kappa shape index (κ2) is 4.09. The van der Waals surface area contributed by atoms with E-state index in [-0.39, 0.29) is 0 Å². The third-order valence-corrected chi connectivity index (χ3v) is 1.52. The van der Waals surface area contributed by atoms with Crippen molar-refractivity contribution in [3.63, 3.8) is 0 Å². The topological polar surface area (TPSA) is 47.3 Å². The molecule has 3 N–H and O–H groups in total. The molecule has 66 valence electrons. The molecule has 3 nitrogen and oxygen atoms in total. The van der Waals surface area contributed by atoms with Crippen molar-refractivity contribution < 1.29 is 4.74 Å². The number of aryl methyl sites for hydroxylation is 2. The molecule has 0 aliphatic carbocycles. The monoisotopic (exact) mass is 166 g/mol. The fourth-order valence-corrected chi connectivity index (χ4v) is 1.14. The first kappa shape index (κ1) is 9.03. The van der Waals surface area contributed by atoms with Crippen LogP contribution in [0.15, 0.2) is 18.2 Å². The van der Waals surface area contributed by atoms with Crippen molar-refractivity contribution in [2.24, 2.45) is 5.84 Å². The van der Waals surface area contributed by atoms with Crippen molar-refractivity contribution in [2.45, 2.75) is 13.8 Å². The highest BCUT2D eigenvalue weighted by Crippen LogP contribution is 2.15. The summed E-state index contributed by atoms with van der Waals surface area (Å²) >= 11 is 0. The Hall–Kier alpha value is -1.06. The number of nitrogens with two attached hydrogens (primary N) is 1. The molecule has 0 bridgehead atoms. The van der Waals surface area contributed by atoms with Gasteiger partial charge in [0.1, 0.15) is 5.75 Å². The fourth-order valence-electron chi connectivity index (χ4n) is 1.14. The molecule has 0 saturated heterocycles. The van der Waals surface area contributed by atoms with E-state index in [1.165, 1.54) is 11.1 Å². The summed E-state index contributed by atoms with van der Waals surface area (Å²) in [5, 5.41) is 0. The Morgan fingerprint density at radius 1 is 1.25 bits per heavy atom. The van der Waals surface area contributed by atoms with Crippen LogP contribution in [0, 0.1) is 13.8 Å². The van der Waals surface area contributed by atoms with Crippen LogP contribution in [0.25, 0.3) is 0 Å². The molecular weight excluding hydrogens is 152 g/mol. The molecule has 3 heteroatoms. The maximum atomic E-state index is 5.28. The second-order valence-corrected chi connectivity index (χ2v) is 2.82. The van der Waals surface area contributed by atoms with Gasteiger partial charge in [0.25, 0.3) is 0 Å². The number of hydrogen-bond acceptors (Lipinski definition) is 3. The summed E-state index contributed by atoms with van der Waals surface area (Å²) in [6, 6.07) is 6.05. The summed E-state index contributed by atoms with van der Waals surface area (Å²) < 4.78 is 5.28. The van der Waals surface area contributed by atoms with Crippen LogP contribution in [-0.2, 0) is 0 Å². The Balaban J connectivity index is 2.72. The number of ether oxygens (including phenoxy) is 1. The molecule has 0 spiro atoms. The summed E-state index contributed by atoms with van der Waals surface area (Å²) in [6.45, 7) is 4.41. The van der Waals surface area contributed by atoms with Gasteiger partial charge in [-0.1, -0.05) is 6.07 Å². The van der Waals surface area contributed by atoms with Gasteiger partial charge in [-0.05, 0) is 37.1 Å². The van der Waals surface area contributed by atoms with E-state index in [4.69, 9.17) is 10.6 Å². The predicted molar refractivity (Wildman–Crippen MR) is 48.7 cm³/mol. The Bertz CT molecular complexity index is 240. The van der Waals surface area contributed by atoms with Crippen molar-refractivity contribution in [3.8, 4) is 5.75 Å². The molecular formula is C9H14N2O. The lowest BCUT2D eigenvalue weighted by Gasteiger charge is -2.06. The van der Waals surface area contributed by atoms with Crippen LogP contribution in [0.5, 0.6) is 5.75 Å². The molecule has 0 aliphatic rings. The van der Waals surface area contributed by atoms with Gasteiger partial charge in [-0.3, -0.25) is 5.84 Å². The zero-order chi connectivity index (χ0) is 8.97. The largest absolute Gasteiger partial charge is 0.477 e. The highest BCUT2D eigenvalue weighted by atomic mass is 16.5. The first-order valence-electron chi connectivity index (χ1n) is 3.87. The van der Waals surface area contributed by atoms with Gasteiger partial charge in [-0.2, -0.15) is 0 Å². The van der Waals surface area contributed by atoms with Gasteiger partial charge in [0.05, 0.1) is 0 Å². The minimum Gasteiger partial charge on any atom is -0.477 e. The zero-order valence-corrected chi connectivity index (χ0v) is 7.42. The van der Waals surface area contributed by atoms with Gasteiger partial charge in [0.2, 0.25) is 0 Å². The van der Waals surface area contributed by atoms with Gasteiger partial charge in [0, 0.05) is 0 Å². The summed E-state index contributed by atoms with van der Waals surface area (Å²) in [4.78, 5) is 0. The van der Waals surface area contributed by atoms with Crippen LogP contribution >= 0.6 is 0 Å². The third-order valence-electron chi connectivity index (χ3n) is 1.52. The molecule has 0 unspecified atom stereocenters. The van der Waals surface area contributed by atoms with Crippen LogP contribution in [-0.4, -0.2) is 6.73 Å². The Morgan fingerprint density at radius 2 is 1.83 bits per heavy atom. The van der Waals surface area contributed by atoms with Crippen molar-refractivity contribution in [3.05, 3.63) is 29.3 Å². The molecule has 0 saturated carbocycles. The summed E-state index contributed by atoms with van der Waals surface area (Å²) in [5.41, 5.74) is 4.83. The SMILES string of the molecule is Cc1cc(C)cc(OCNN)c1. The molecule has 0 atom stereocenters. The Morgan fingerprint density at radius 3 is 2.33 bits per heavy atom. The Kier molecular flexibility index (Phi) is 3.08. The van der Waals surface area contributed by atoms with Crippen molar-refractivity contribution in [1.82, 2.24) is 5.43 Å². The van der Waals surface area contributed by atoms with E-state index in [2.05, 4.69) is 11.5 Å². The molecule has 1 aromatic carbocycles. The van der Waals surface area contributed by atoms with Gasteiger partial charge < -0.3 is 4.74 Å². The number of rotatable bonds is 3. The highest BCUT2D eigenvalue weighted by Gasteiger charge is 1.94. The van der Waals surface area contributed by atoms with Gasteiger partial charge in [0.15, 0.2) is 6.73 Å². The molecule has 0 radical (unpaired) electrons. The van der Waals surface area contributed by atoms with E-state index < -0.39 is 0 Å². The van der Waals surface area contributed by atoms with Gasteiger partial charge >= 0.3 is 0 Å². The highest BCUT2D eigenvalue weighted by molar-refractivity contribution is 5.32. The average molecular weight is 166 g/mol. The number of nitrogens with one attached hydrogen (secondary N) is 1. The smallest absolute Gasteiger partial charge is 0.151 e. The van der Waals surface area contributed by atoms with Crippen molar-refractivity contribution in [2.75, 3.05) is 6.73 Å². The predicted octanol–water partition coefficient (Wildman–Crippen LogP) is 1.10. The number of hydrogen-bond donors (Lipinski definition) is 2. The minimum atomic E-state index is 0.336. The Labute approximate surface area is 72.5 Å². The lowest BCUT2D eigenvalue weighted by Crippen LogP contribution is -2.26. The fraction of sp³-hybridized carbons (Fsp3) is 0.333. The number of hydrazine groups is 1. The van der Waals surface area contributed by atoms with E-state index in [1.54, 1.807) is 0 Å². The van der Waals surface area contributed by atoms with E-state index >= 15 is 0 Å². The molecule has 0 aromatic heterocycles. The van der Waals surface area contributed by atoms with Crippen LogP contribution in [0.1, 0.15) is 11.1 Å². The molecule has 12 heavy (non-hydrogen) atoms. The maximum Gasteiger partial charge on any atom is 0.151 e. The third kappa shape index (κ3) is 2.53. The first-order chi connectivity index (χ1) is 5.72. The van der Waals surface area contributed by atoms with E-state index in [1.807, 2.05) is 26.0 Å². The first-order valence-corrected chi connectivity index (χ1v) is 3.87. The quantitative estimate of drug-likeness (QED) is 0.401. The number of benzene rings is 1. The molecule has 0 heterocycles. The van der Waals surface area contributed by atoms with E-state index in [0.29, 0.717) is 6.73 Å². The lowest BCUT2D eigenvalue weighted by molar-refractivity contribution is 0.286. The lowest BCUT2D eigenvalue weighted by atomic mass is 10.1. The summed E-state index contributed by atoms with van der Waals surface area (Å²) in [5.74, 6) is 5.93. The molecule has 1 rings (SSSR count). The standard InChI is InChI=1S/C9H14N2O/c1-7-3-8(2)5-9(4-7)12-6-11-10/h3-5,11H,6,10H2,1-2H3. The van der Waals surface area contributed by atoms with Gasteiger partial charge in [-0.15, -0.1) is 0 Å². The molecule has 1 aromatic rings.